The van der Waals surface area contributed by atoms with Gasteiger partial charge in [0.2, 0.25) is 0 Å². The minimum atomic E-state index is -0.199. The fourth-order valence-corrected chi connectivity index (χ4v) is 4.41. The molecule has 0 aromatic carbocycles. The molecule has 0 spiro atoms. The number of hydrogen-bond donors (Lipinski definition) is 3. The van der Waals surface area contributed by atoms with E-state index in [0.29, 0.717) is 23.1 Å². The summed E-state index contributed by atoms with van der Waals surface area (Å²) in [7, 11) is 0. The number of amidine groups is 1. The largest absolute Gasteiger partial charge is 0.313 e. The number of carbonyl (C=O) groups excluding carboxylic acids is 1. The summed E-state index contributed by atoms with van der Waals surface area (Å²) in [5, 5.41) is 18.8. The highest BCUT2D eigenvalue weighted by Crippen LogP contribution is 2.58. The van der Waals surface area contributed by atoms with E-state index < -0.39 is 0 Å². The number of aromatic nitrogens is 1. The Balaban J connectivity index is 0.00000231. The molecule has 4 aliphatic rings. The van der Waals surface area contributed by atoms with Crippen molar-refractivity contribution in [2.45, 2.75) is 37.8 Å². The molecule has 7 nitrogen and oxygen atoms in total. The third kappa shape index (κ3) is 3.30. The average Bonchev–Trinajstić information content (AvgIpc) is 3.69. The predicted molar refractivity (Wildman–Crippen MR) is 119 cm³/mol. The number of amides is 1. The van der Waals surface area contributed by atoms with Crippen LogP contribution < -0.4 is 5.32 Å². The van der Waals surface area contributed by atoms with Crippen molar-refractivity contribution < 1.29 is 6.22 Å². The van der Waals surface area contributed by atoms with Crippen molar-refractivity contribution in [3.8, 4) is 0 Å². The van der Waals surface area contributed by atoms with Crippen LogP contribution in [0.3, 0.4) is 0 Å². The van der Waals surface area contributed by atoms with Crippen molar-refractivity contribution >= 4 is 30.1 Å². The SMILES string of the molecule is N=CN(C(=N)c1cccc(NC(=O)C2=CC(C34C=CC=NC3C4)CC=C2)n1)C1CC1.[HH]. The molecule has 1 amide bonds. The molecule has 2 saturated carbocycles. The van der Waals surface area contributed by atoms with Crippen LogP contribution in [0.5, 0.6) is 0 Å². The number of fused-ring (bicyclic) bond motifs is 1. The van der Waals surface area contributed by atoms with Crippen LogP contribution in [0.4, 0.5) is 5.82 Å². The van der Waals surface area contributed by atoms with Gasteiger partial charge >= 0.3 is 0 Å². The van der Waals surface area contributed by atoms with E-state index in [2.05, 4.69) is 33.5 Å². The third-order valence-corrected chi connectivity index (χ3v) is 6.36. The Labute approximate surface area is 176 Å². The maximum atomic E-state index is 12.9. The number of aliphatic imine (C=N–C) groups is 1. The topological polar surface area (TPSA) is 105 Å². The van der Waals surface area contributed by atoms with Gasteiger partial charge in [-0.05, 0) is 49.8 Å². The first-order valence-corrected chi connectivity index (χ1v) is 10.4. The average molecular weight is 403 g/mol. The monoisotopic (exact) mass is 402 g/mol. The zero-order valence-electron chi connectivity index (χ0n) is 16.6. The molecule has 3 unspecified atom stereocenters. The van der Waals surface area contributed by atoms with E-state index in [0.717, 1.165) is 25.7 Å². The summed E-state index contributed by atoms with van der Waals surface area (Å²) in [6.45, 7) is 0. The van der Waals surface area contributed by atoms with Gasteiger partial charge in [0.05, 0.1) is 12.4 Å². The highest BCUT2D eigenvalue weighted by molar-refractivity contribution is 6.06. The molecule has 154 valence electrons. The second kappa shape index (κ2) is 7.16. The van der Waals surface area contributed by atoms with E-state index >= 15 is 0 Å². The van der Waals surface area contributed by atoms with Gasteiger partial charge < -0.3 is 10.2 Å². The van der Waals surface area contributed by atoms with Crippen LogP contribution in [0.2, 0.25) is 0 Å². The zero-order valence-corrected chi connectivity index (χ0v) is 16.6. The number of nitrogens with one attached hydrogen (secondary N) is 3. The number of anilines is 1. The number of allylic oxidation sites excluding steroid dienone is 3. The van der Waals surface area contributed by atoms with Crippen molar-refractivity contribution in [1.29, 1.82) is 10.8 Å². The molecule has 3 N–H and O–H groups in total. The maximum Gasteiger partial charge on any atom is 0.256 e. The molecular formula is C23H26N6O. The van der Waals surface area contributed by atoms with E-state index in [-0.39, 0.29) is 30.5 Å². The van der Waals surface area contributed by atoms with Crippen molar-refractivity contribution in [2.75, 3.05) is 5.32 Å². The first-order valence-electron chi connectivity index (χ1n) is 10.4. The van der Waals surface area contributed by atoms with E-state index in [4.69, 9.17) is 10.8 Å². The molecule has 0 radical (unpaired) electrons. The zero-order chi connectivity index (χ0) is 20.7. The van der Waals surface area contributed by atoms with Gasteiger partial charge in [-0.25, -0.2) is 4.98 Å². The summed E-state index contributed by atoms with van der Waals surface area (Å²) >= 11 is 0. The minimum absolute atomic E-state index is 0. The molecule has 2 fully saturated rings. The van der Waals surface area contributed by atoms with Crippen LogP contribution in [-0.2, 0) is 4.79 Å². The molecule has 30 heavy (non-hydrogen) atoms. The fourth-order valence-electron chi connectivity index (χ4n) is 4.41. The molecule has 7 heteroatoms. The van der Waals surface area contributed by atoms with Crippen LogP contribution in [-0.4, -0.2) is 46.3 Å². The van der Waals surface area contributed by atoms with Crippen molar-refractivity contribution in [1.82, 2.24) is 9.88 Å². The lowest BCUT2D eigenvalue weighted by molar-refractivity contribution is -0.112. The maximum absolute atomic E-state index is 12.9. The standard InChI is InChI=1S/C23H24N6O.H2/c24-14-29(17-8-9-17)21(25)18-6-2-7-20(27-18)28-22(30)15-4-1-5-16(12-15)23-10-3-11-26-19(23)13-23;/h1-4,6-7,10-12,14,16-17,19,24-25H,5,8-9,13H2,(H,27,28,30);1H. The Morgan fingerprint density at radius 1 is 1.37 bits per heavy atom. The summed E-state index contributed by atoms with van der Waals surface area (Å²) in [6.07, 6.45) is 17.2. The number of hydrogen-bond acceptors (Lipinski definition) is 5. The van der Waals surface area contributed by atoms with Crippen LogP contribution in [0, 0.1) is 22.2 Å². The summed E-state index contributed by atoms with van der Waals surface area (Å²) in [5.41, 5.74) is 1.15. The highest BCUT2D eigenvalue weighted by atomic mass is 16.1. The summed E-state index contributed by atoms with van der Waals surface area (Å²) in [5.74, 6) is 0.664. The Morgan fingerprint density at radius 3 is 3.00 bits per heavy atom. The first-order chi connectivity index (χ1) is 14.6. The van der Waals surface area contributed by atoms with Crippen LogP contribution in [0.15, 0.2) is 59.1 Å². The molecule has 0 bridgehead atoms. The molecule has 3 aliphatic carbocycles. The lowest BCUT2D eigenvalue weighted by atomic mass is 9.80. The number of dihydropyridines is 1. The van der Waals surface area contributed by atoms with E-state index in [1.165, 1.54) is 6.34 Å². The normalized spacial score (nSPS) is 28.3. The van der Waals surface area contributed by atoms with Gasteiger partial charge in [0.25, 0.3) is 5.91 Å². The second-order valence-corrected chi connectivity index (χ2v) is 8.33. The van der Waals surface area contributed by atoms with Crippen molar-refractivity contribution in [3.05, 3.63) is 59.8 Å². The molecular weight excluding hydrogens is 376 g/mol. The van der Waals surface area contributed by atoms with E-state index in [1.807, 2.05) is 18.4 Å². The Hall–Kier alpha value is -3.35. The van der Waals surface area contributed by atoms with Gasteiger partial charge in [-0.1, -0.05) is 30.4 Å². The Morgan fingerprint density at radius 2 is 2.23 bits per heavy atom. The van der Waals surface area contributed by atoms with E-state index in [1.54, 1.807) is 23.1 Å². The third-order valence-electron chi connectivity index (χ3n) is 6.36. The summed E-state index contributed by atoms with van der Waals surface area (Å²) < 4.78 is 0. The van der Waals surface area contributed by atoms with Gasteiger partial charge in [0, 0.05) is 24.7 Å². The molecule has 1 aliphatic heterocycles. The van der Waals surface area contributed by atoms with Gasteiger partial charge in [0.15, 0.2) is 5.84 Å². The van der Waals surface area contributed by atoms with Crippen LogP contribution in [0.25, 0.3) is 0 Å². The van der Waals surface area contributed by atoms with Gasteiger partial charge in [0.1, 0.15) is 11.5 Å². The lowest BCUT2D eigenvalue weighted by Crippen LogP contribution is -2.32. The molecule has 2 heterocycles. The summed E-state index contributed by atoms with van der Waals surface area (Å²) in [4.78, 5) is 23.5. The molecule has 0 saturated heterocycles. The van der Waals surface area contributed by atoms with E-state index in [9.17, 15) is 4.79 Å². The Kier molecular flexibility index (Phi) is 4.46. The predicted octanol–water partition coefficient (Wildman–Crippen LogP) is 3.56. The van der Waals surface area contributed by atoms with Gasteiger partial charge in [-0.15, -0.1) is 0 Å². The lowest BCUT2D eigenvalue weighted by Gasteiger charge is -2.25. The first kappa shape index (κ1) is 18.7. The minimum Gasteiger partial charge on any atom is -0.313 e. The Bertz CT molecular complexity index is 1040. The quantitative estimate of drug-likeness (QED) is 0.500. The van der Waals surface area contributed by atoms with Crippen molar-refractivity contribution in [2.24, 2.45) is 16.3 Å². The molecule has 1 aromatic rings. The number of nitrogens with zero attached hydrogens (tertiary/aromatic N) is 3. The number of carbonyl (C=O) groups is 1. The highest BCUT2D eigenvalue weighted by Gasteiger charge is 2.57. The van der Waals surface area contributed by atoms with Gasteiger partial charge in [-0.2, -0.15) is 0 Å². The van der Waals surface area contributed by atoms with Crippen LogP contribution in [0.1, 0.15) is 32.8 Å². The molecule has 3 atom stereocenters. The fraction of sp³-hybridized carbons (Fsp3) is 0.348. The smallest absolute Gasteiger partial charge is 0.256 e. The second-order valence-electron chi connectivity index (χ2n) is 8.33. The summed E-state index contributed by atoms with van der Waals surface area (Å²) in [6, 6.07) is 5.78. The van der Waals surface area contributed by atoms with Crippen LogP contribution >= 0.6 is 0 Å². The van der Waals surface area contributed by atoms with Crippen molar-refractivity contribution in [3.63, 3.8) is 0 Å². The number of rotatable bonds is 6. The molecule has 1 aromatic heterocycles. The molecule has 5 rings (SSSR count). The number of pyridine rings is 1. The van der Waals surface area contributed by atoms with Gasteiger partial charge in [-0.3, -0.25) is 20.6 Å².